The first-order valence-corrected chi connectivity index (χ1v) is 5.96. The van der Waals surface area contributed by atoms with Gasteiger partial charge in [-0.25, -0.2) is 0 Å². The van der Waals surface area contributed by atoms with Crippen molar-refractivity contribution in [3.8, 4) is 5.75 Å². The van der Waals surface area contributed by atoms with E-state index in [0.29, 0.717) is 17.1 Å². The van der Waals surface area contributed by atoms with Gasteiger partial charge in [-0.2, -0.15) is 0 Å². The lowest BCUT2D eigenvalue weighted by molar-refractivity contribution is 0.408. The number of hydrogen-bond donors (Lipinski definition) is 3. The summed E-state index contributed by atoms with van der Waals surface area (Å²) in [7, 11) is 0.153. The van der Waals surface area contributed by atoms with E-state index >= 15 is 0 Å². The summed E-state index contributed by atoms with van der Waals surface area (Å²) in [5, 5.41) is 21.8. The molecule has 0 amide bonds. The molecule has 4 nitrogen and oxygen atoms in total. The van der Waals surface area contributed by atoms with Crippen LogP contribution in [0.15, 0.2) is 18.2 Å². The minimum Gasteiger partial charge on any atom is -0.497 e. The monoisotopic (exact) mass is 235 g/mol. The van der Waals surface area contributed by atoms with Crippen molar-refractivity contribution in [2.75, 3.05) is 20.2 Å². The largest absolute Gasteiger partial charge is 0.497 e. The van der Waals surface area contributed by atoms with Crippen LogP contribution in [0.5, 0.6) is 5.75 Å². The summed E-state index contributed by atoms with van der Waals surface area (Å²) in [4.78, 5) is 0. The summed E-state index contributed by atoms with van der Waals surface area (Å²) in [6.07, 6.45) is 2.16. The third-order valence-corrected chi connectivity index (χ3v) is 3.30. The van der Waals surface area contributed by atoms with E-state index in [1.165, 1.54) is 0 Å². The lowest BCUT2D eigenvalue weighted by Gasteiger charge is -2.24. The maximum Gasteiger partial charge on any atom is 0.488 e. The average molecular weight is 235 g/mol. The van der Waals surface area contributed by atoms with Gasteiger partial charge in [0.15, 0.2) is 0 Å². The molecular formula is C12H18BNO3. The Bertz CT molecular complexity index is 378. The third kappa shape index (κ3) is 3.00. The molecule has 5 heteroatoms. The number of piperidine rings is 1. The molecule has 2 rings (SSSR count). The minimum atomic E-state index is -1.44. The standard InChI is InChI=1S/C12H18BNO3/c1-17-12-7-10(6-11(8-12)13(15)16)9-2-4-14-5-3-9/h6-9,14-16H,2-5H2,1H3. The number of hydrogen-bond acceptors (Lipinski definition) is 4. The molecule has 0 aliphatic carbocycles. The summed E-state index contributed by atoms with van der Waals surface area (Å²) in [5.74, 6) is 1.16. The van der Waals surface area contributed by atoms with Crippen molar-refractivity contribution in [3.63, 3.8) is 0 Å². The quantitative estimate of drug-likeness (QED) is 0.637. The van der Waals surface area contributed by atoms with Gasteiger partial charge in [-0.3, -0.25) is 0 Å². The van der Waals surface area contributed by atoms with Gasteiger partial charge in [0.05, 0.1) is 7.11 Å². The van der Waals surface area contributed by atoms with Gasteiger partial charge >= 0.3 is 7.12 Å². The molecule has 1 aromatic carbocycles. The van der Waals surface area contributed by atoms with Gasteiger partial charge in [-0.15, -0.1) is 0 Å². The van der Waals surface area contributed by atoms with Crippen LogP contribution in [-0.4, -0.2) is 37.4 Å². The van der Waals surface area contributed by atoms with Crippen molar-refractivity contribution in [2.24, 2.45) is 0 Å². The molecule has 1 saturated heterocycles. The first kappa shape index (κ1) is 12.4. The Kier molecular flexibility index (Phi) is 4.04. The molecule has 0 bridgehead atoms. The van der Waals surface area contributed by atoms with Crippen molar-refractivity contribution >= 4 is 12.6 Å². The van der Waals surface area contributed by atoms with E-state index in [4.69, 9.17) is 4.74 Å². The molecule has 17 heavy (non-hydrogen) atoms. The number of methoxy groups -OCH3 is 1. The molecule has 0 spiro atoms. The Morgan fingerprint density at radius 3 is 2.53 bits per heavy atom. The van der Waals surface area contributed by atoms with Gasteiger partial charge in [0.2, 0.25) is 0 Å². The maximum absolute atomic E-state index is 9.25. The highest BCUT2D eigenvalue weighted by atomic mass is 16.5. The van der Waals surface area contributed by atoms with Crippen LogP contribution in [0.4, 0.5) is 0 Å². The smallest absolute Gasteiger partial charge is 0.488 e. The van der Waals surface area contributed by atoms with Crippen molar-refractivity contribution in [3.05, 3.63) is 23.8 Å². The highest BCUT2D eigenvalue weighted by Gasteiger charge is 2.19. The van der Waals surface area contributed by atoms with Crippen molar-refractivity contribution < 1.29 is 14.8 Å². The number of ether oxygens (including phenoxy) is 1. The van der Waals surface area contributed by atoms with Crippen LogP contribution >= 0.6 is 0 Å². The number of rotatable bonds is 3. The second-order valence-corrected chi connectivity index (χ2v) is 4.44. The molecule has 0 atom stereocenters. The number of benzene rings is 1. The van der Waals surface area contributed by atoms with E-state index in [0.717, 1.165) is 31.5 Å². The van der Waals surface area contributed by atoms with E-state index in [1.807, 2.05) is 12.1 Å². The molecule has 1 aromatic rings. The molecule has 0 unspecified atom stereocenters. The Morgan fingerprint density at radius 1 is 1.24 bits per heavy atom. The van der Waals surface area contributed by atoms with Crippen LogP contribution < -0.4 is 15.5 Å². The van der Waals surface area contributed by atoms with Gasteiger partial charge < -0.3 is 20.1 Å². The predicted octanol–water partition coefficient (Wildman–Crippen LogP) is -0.158. The molecule has 1 heterocycles. The fourth-order valence-corrected chi connectivity index (χ4v) is 2.30. The van der Waals surface area contributed by atoms with Crippen LogP contribution in [0.25, 0.3) is 0 Å². The average Bonchev–Trinajstić information content (AvgIpc) is 2.39. The summed E-state index contributed by atoms with van der Waals surface area (Å²) in [5.41, 5.74) is 1.63. The van der Waals surface area contributed by atoms with Crippen molar-refractivity contribution in [2.45, 2.75) is 18.8 Å². The van der Waals surface area contributed by atoms with Crippen molar-refractivity contribution in [1.82, 2.24) is 5.32 Å². The zero-order chi connectivity index (χ0) is 12.3. The van der Waals surface area contributed by atoms with Crippen LogP contribution in [-0.2, 0) is 0 Å². The highest BCUT2D eigenvalue weighted by Crippen LogP contribution is 2.27. The van der Waals surface area contributed by atoms with Gasteiger partial charge in [-0.05, 0) is 55.0 Å². The molecular weight excluding hydrogens is 217 g/mol. The Morgan fingerprint density at radius 2 is 1.94 bits per heavy atom. The van der Waals surface area contributed by atoms with E-state index in [9.17, 15) is 10.0 Å². The third-order valence-electron chi connectivity index (χ3n) is 3.30. The Labute approximate surface area is 102 Å². The van der Waals surface area contributed by atoms with Crippen LogP contribution in [0.2, 0.25) is 0 Å². The second-order valence-electron chi connectivity index (χ2n) is 4.44. The van der Waals surface area contributed by atoms with Crippen LogP contribution in [0.3, 0.4) is 0 Å². The summed E-state index contributed by atoms with van der Waals surface area (Å²) in [6, 6.07) is 5.51. The van der Waals surface area contributed by atoms with Gasteiger partial charge in [0.1, 0.15) is 5.75 Å². The van der Waals surface area contributed by atoms with E-state index in [2.05, 4.69) is 5.32 Å². The lowest BCUT2D eigenvalue weighted by Crippen LogP contribution is -2.31. The zero-order valence-corrected chi connectivity index (χ0v) is 10.0. The van der Waals surface area contributed by atoms with E-state index < -0.39 is 7.12 Å². The number of nitrogens with one attached hydrogen (secondary N) is 1. The molecule has 1 aliphatic heterocycles. The first-order chi connectivity index (χ1) is 8.20. The Hall–Kier alpha value is -1.04. The molecule has 0 radical (unpaired) electrons. The molecule has 1 aliphatic rings. The van der Waals surface area contributed by atoms with E-state index in [1.54, 1.807) is 13.2 Å². The maximum atomic E-state index is 9.25. The molecule has 3 N–H and O–H groups in total. The topological polar surface area (TPSA) is 61.7 Å². The second kappa shape index (κ2) is 5.53. The van der Waals surface area contributed by atoms with Gasteiger partial charge in [0, 0.05) is 0 Å². The SMILES string of the molecule is COc1cc(B(O)O)cc(C2CCNCC2)c1. The minimum absolute atomic E-state index is 0.476. The molecule has 1 fully saturated rings. The summed E-state index contributed by atoms with van der Waals surface area (Å²) >= 11 is 0. The normalized spacial score (nSPS) is 16.9. The summed E-state index contributed by atoms with van der Waals surface area (Å²) < 4.78 is 5.20. The molecule has 92 valence electrons. The van der Waals surface area contributed by atoms with Crippen LogP contribution in [0, 0.1) is 0 Å². The van der Waals surface area contributed by atoms with Crippen molar-refractivity contribution in [1.29, 1.82) is 0 Å². The van der Waals surface area contributed by atoms with E-state index in [-0.39, 0.29) is 0 Å². The molecule has 0 aromatic heterocycles. The fraction of sp³-hybridized carbons (Fsp3) is 0.500. The predicted molar refractivity (Wildman–Crippen MR) is 67.7 cm³/mol. The van der Waals surface area contributed by atoms with Gasteiger partial charge in [0.25, 0.3) is 0 Å². The van der Waals surface area contributed by atoms with Gasteiger partial charge in [-0.1, -0.05) is 6.07 Å². The fourth-order valence-electron chi connectivity index (χ4n) is 2.30. The molecule has 0 saturated carbocycles. The zero-order valence-electron chi connectivity index (χ0n) is 10.0. The lowest BCUT2D eigenvalue weighted by atomic mass is 9.77. The summed E-state index contributed by atoms with van der Waals surface area (Å²) in [6.45, 7) is 2.03. The first-order valence-electron chi connectivity index (χ1n) is 5.96. The highest BCUT2D eigenvalue weighted by molar-refractivity contribution is 6.58. The van der Waals surface area contributed by atoms with Crippen LogP contribution in [0.1, 0.15) is 24.3 Å². The Balaban J connectivity index is 2.28.